The molecule has 3 nitrogen and oxygen atoms in total. The molecule has 1 aromatic heterocycles. The molecule has 1 N–H and O–H groups in total. The topological polar surface area (TPSA) is 38.1 Å². The number of hydrogen-bond acceptors (Lipinski definition) is 3. The van der Waals surface area contributed by atoms with Crippen LogP contribution in [-0.2, 0) is 6.54 Å². The van der Waals surface area contributed by atoms with Gasteiger partial charge in [0.05, 0.1) is 12.7 Å². The van der Waals surface area contributed by atoms with Gasteiger partial charge in [0.2, 0.25) is 5.89 Å². The Kier molecular flexibility index (Phi) is 3.41. The molecular formula is C12H20N2O. The third kappa shape index (κ3) is 3.06. The molecule has 0 bridgehead atoms. The predicted molar refractivity (Wildman–Crippen MR) is 59.7 cm³/mol. The van der Waals surface area contributed by atoms with Crippen molar-refractivity contribution in [2.24, 2.45) is 0 Å². The molecule has 0 aliphatic heterocycles. The van der Waals surface area contributed by atoms with Crippen molar-refractivity contribution in [1.82, 2.24) is 10.3 Å². The molecule has 1 heterocycles. The first-order chi connectivity index (χ1) is 7.29. The zero-order valence-corrected chi connectivity index (χ0v) is 9.62. The van der Waals surface area contributed by atoms with Crippen LogP contribution in [-0.4, -0.2) is 11.0 Å². The summed E-state index contributed by atoms with van der Waals surface area (Å²) < 4.78 is 5.70. The van der Waals surface area contributed by atoms with Gasteiger partial charge in [-0.2, -0.15) is 0 Å². The van der Waals surface area contributed by atoms with E-state index in [9.17, 15) is 0 Å². The molecule has 1 unspecified atom stereocenters. The standard InChI is InChI=1S/C12H20N2O/c1-3-4-9(2)11-7-14-12(15-11)8-13-10-5-6-10/h7,9-10,13H,3-6,8H2,1-2H3. The zero-order chi connectivity index (χ0) is 10.7. The first-order valence-electron chi connectivity index (χ1n) is 5.97. The molecule has 1 aliphatic carbocycles. The van der Waals surface area contributed by atoms with Gasteiger partial charge in [0.15, 0.2) is 0 Å². The van der Waals surface area contributed by atoms with Gasteiger partial charge in [-0.3, -0.25) is 0 Å². The van der Waals surface area contributed by atoms with E-state index < -0.39 is 0 Å². The maximum absolute atomic E-state index is 5.70. The van der Waals surface area contributed by atoms with Gasteiger partial charge in [-0.25, -0.2) is 4.98 Å². The highest BCUT2D eigenvalue weighted by Crippen LogP contribution is 2.22. The van der Waals surface area contributed by atoms with Crippen LogP contribution in [0, 0.1) is 0 Å². The molecule has 1 atom stereocenters. The second-order valence-electron chi connectivity index (χ2n) is 4.50. The van der Waals surface area contributed by atoms with Crippen LogP contribution < -0.4 is 5.32 Å². The van der Waals surface area contributed by atoms with Crippen LogP contribution in [0.2, 0.25) is 0 Å². The van der Waals surface area contributed by atoms with E-state index in [0.29, 0.717) is 12.0 Å². The Balaban J connectivity index is 1.84. The van der Waals surface area contributed by atoms with Gasteiger partial charge in [0.25, 0.3) is 0 Å². The predicted octanol–water partition coefficient (Wildman–Crippen LogP) is 2.83. The van der Waals surface area contributed by atoms with Crippen molar-refractivity contribution in [3.05, 3.63) is 17.8 Å². The fraction of sp³-hybridized carbons (Fsp3) is 0.750. The summed E-state index contributed by atoms with van der Waals surface area (Å²) in [6.07, 6.45) is 6.85. The van der Waals surface area contributed by atoms with Crippen LogP contribution in [0.25, 0.3) is 0 Å². The Morgan fingerprint density at radius 1 is 1.60 bits per heavy atom. The maximum Gasteiger partial charge on any atom is 0.208 e. The minimum absolute atomic E-state index is 0.497. The molecular weight excluding hydrogens is 188 g/mol. The molecule has 0 amide bonds. The van der Waals surface area contributed by atoms with Crippen LogP contribution in [0.15, 0.2) is 10.6 Å². The number of rotatable bonds is 6. The number of hydrogen-bond donors (Lipinski definition) is 1. The van der Waals surface area contributed by atoms with Gasteiger partial charge in [-0.1, -0.05) is 20.3 Å². The number of nitrogens with one attached hydrogen (secondary N) is 1. The van der Waals surface area contributed by atoms with Gasteiger partial charge in [-0.15, -0.1) is 0 Å². The van der Waals surface area contributed by atoms with Crippen LogP contribution >= 0.6 is 0 Å². The van der Waals surface area contributed by atoms with Gasteiger partial charge in [-0.05, 0) is 19.3 Å². The van der Waals surface area contributed by atoms with Crippen molar-refractivity contribution < 1.29 is 4.42 Å². The molecule has 1 aromatic rings. The molecule has 0 radical (unpaired) electrons. The molecule has 1 aliphatic rings. The first kappa shape index (κ1) is 10.7. The molecule has 15 heavy (non-hydrogen) atoms. The van der Waals surface area contributed by atoms with E-state index in [1.54, 1.807) is 0 Å². The minimum Gasteiger partial charge on any atom is -0.444 e. The second-order valence-corrected chi connectivity index (χ2v) is 4.50. The summed E-state index contributed by atoms with van der Waals surface area (Å²) in [6, 6.07) is 0.716. The molecule has 3 heteroatoms. The Hall–Kier alpha value is -0.830. The average molecular weight is 208 g/mol. The third-order valence-corrected chi connectivity index (χ3v) is 2.90. The monoisotopic (exact) mass is 208 g/mol. The van der Waals surface area contributed by atoms with E-state index in [0.717, 1.165) is 18.2 Å². The number of nitrogens with zero attached hydrogens (tertiary/aromatic N) is 1. The smallest absolute Gasteiger partial charge is 0.208 e. The normalized spacial score (nSPS) is 18.0. The fourth-order valence-electron chi connectivity index (χ4n) is 1.73. The summed E-state index contributed by atoms with van der Waals surface area (Å²) in [7, 11) is 0. The summed E-state index contributed by atoms with van der Waals surface area (Å²) in [5.41, 5.74) is 0. The third-order valence-electron chi connectivity index (χ3n) is 2.90. The zero-order valence-electron chi connectivity index (χ0n) is 9.62. The SMILES string of the molecule is CCCC(C)c1cnc(CNC2CC2)o1. The van der Waals surface area contributed by atoms with E-state index in [1.165, 1.54) is 25.7 Å². The lowest BCUT2D eigenvalue weighted by atomic mass is 10.0. The molecule has 2 rings (SSSR count). The highest BCUT2D eigenvalue weighted by atomic mass is 16.4. The number of oxazole rings is 1. The Bertz CT molecular complexity index is 304. The Morgan fingerprint density at radius 3 is 3.07 bits per heavy atom. The van der Waals surface area contributed by atoms with E-state index in [-0.39, 0.29) is 0 Å². The summed E-state index contributed by atoms with van der Waals surface area (Å²) in [6.45, 7) is 5.17. The highest BCUT2D eigenvalue weighted by molar-refractivity contribution is 5.00. The Labute approximate surface area is 91.3 Å². The summed E-state index contributed by atoms with van der Waals surface area (Å²) in [5, 5.41) is 3.40. The first-order valence-corrected chi connectivity index (χ1v) is 5.97. The lowest BCUT2D eigenvalue weighted by Crippen LogP contribution is -2.15. The van der Waals surface area contributed by atoms with Gasteiger partial charge >= 0.3 is 0 Å². The van der Waals surface area contributed by atoms with Crippen molar-refractivity contribution in [2.75, 3.05) is 0 Å². The van der Waals surface area contributed by atoms with E-state index in [4.69, 9.17) is 4.42 Å². The van der Waals surface area contributed by atoms with Crippen molar-refractivity contribution in [2.45, 2.75) is 58.0 Å². The van der Waals surface area contributed by atoms with Crippen LogP contribution in [0.4, 0.5) is 0 Å². The van der Waals surface area contributed by atoms with Gasteiger partial charge < -0.3 is 9.73 Å². The molecule has 84 valence electrons. The van der Waals surface area contributed by atoms with Crippen LogP contribution in [0.3, 0.4) is 0 Å². The maximum atomic E-state index is 5.70. The minimum atomic E-state index is 0.497. The van der Waals surface area contributed by atoms with Crippen molar-refractivity contribution >= 4 is 0 Å². The Morgan fingerprint density at radius 2 is 2.40 bits per heavy atom. The summed E-state index contributed by atoms with van der Waals surface area (Å²) in [4.78, 5) is 4.29. The van der Waals surface area contributed by atoms with E-state index >= 15 is 0 Å². The average Bonchev–Trinajstić information content (AvgIpc) is 2.93. The van der Waals surface area contributed by atoms with Gasteiger partial charge in [0.1, 0.15) is 5.76 Å². The van der Waals surface area contributed by atoms with E-state index in [1.807, 2.05) is 6.20 Å². The second kappa shape index (κ2) is 4.79. The van der Waals surface area contributed by atoms with Crippen LogP contribution in [0.1, 0.15) is 57.1 Å². The van der Waals surface area contributed by atoms with Gasteiger partial charge in [0, 0.05) is 12.0 Å². The number of aromatic nitrogens is 1. The molecule has 1 fully saturated rings. The van der Waals surface area contributed by atoms with Crippen molar-refractivity contribution in [3.8, 4) is 0 Å². The van der Waals surface area contributed by atoms with E-state index in [2.05, 4.69) is 24.1 Å². The molecule has 1 saturated carbocycles. The van der Waals surface area contributed by atoms with Crippen molar-refractivity contribution in [3.63, 3.8) is 0 Å². The quantitative estimate of drug-likeness (QED) is 0.781. The molecule has 0 saturated heterocycles. The summed E-state index contributed by atoms with van der Waals surface area (Å²) in [5.74, 6) is 2.36. The lowest BCUT2D eigenvalue weighted by Gasteiger charge is -2.04. The van der Waals surface area contributed by atoms with Crippen LogP contribution in [0.5, 0.6) is 0 Å². The highest BCUT2D eigenvalue weighted by Gasteiger charge is 2.21. The molecule has 0 spiro atoms. The largest absolute Gasteiger partial charge is 0.444 e. The molecule has 0 aromatic carbocycles. The van der Waals surface area contributed by atoms with Crippen molar-refractivity contribution in [1.29, 1.82) is 0 Å². The summed E-state index contributed by atoms with van der Waals surface area (Å²) >= 11 is 0. The fourth-order valence-corrected chi connectivity index (χ4v) is 1.73. The lowest BCUT2D eigenvalue weighted by molar-refractivity contribution is 0.408.